The molecule has 0 unspecified atom stereocenters. The number of aliphatic hydroxyl groups excluding tert-OH is 1. The van der Waals surface area contributed by atoms with Crippen LogP contribution in [0.3, 0.4) is 0 Å². The van der Waals surface area contributed by atoms with Gasteiger partial charge >= 0.3 is 0 Å². The summed E-state index contributed by atoms with van der Waals surface area (Å²) >= 11 is 0. The second-order valence-electron chi connectivity index (χ2n) is 6.22. The predicted octanol–water partition coefficient (Wildman–Crippen LogP) is 4.45. The maximum absolute atomic E-state index is 13.2. The summed E-state index contributed by atoms with van der Waals surface area (Å²) in [4.78, 5) is 17.6. The number of hydrogen-bond acceptors (Lipinski definition) is 4. The molecule has 0 saturated carbocycles. The SMILES string of the molecule is COc1ccc(C(O)=Cc2nc3ccccc3n(-c3ccccc3)c2=O)cc1. The lowest BCUT2D eigenvalue weighted by Crippen LogP contribution is -2.22. The molecule has 28 heavy (non-hydrogen) atoms. The van der Waals surface area contributed by atoms with Gasteiger partial charge in [-0.05, 0) is 48.5 Å². The monoisotopic (exact) mass is 370 g/mol. The van der Waals surface area contributed by atoms with Crippen LogP contribution in [0.2, 0.25) is 0 Å². The Balaban J connectivity index is 1.90. The minimum absolute atomic E-state index is 0.0397. The fraction of sp³-hybridized carbons (Fsp3) is 0.0435. The topological polar surface area (TPSA) is 64.3 Å². The first-order valence-corrected chi connectivity index (χ1v) is 8.79. The number of aliphatic hydroxyl groups is 1. The number of methoxy groups -OCH3 is 1. The van der Waals surface area contributed by atoms with Crippen molar-refractivity contribution in [3.8, 4) is 11.4 Å². The molecule has 0 aliphatic rings. The molecule has 0 atom stereocenters. The average molecular weight is 370 g/mol. The first-order chi connectivity index (χ1) is 13.7. The van der Waals surface area contributed by atoms with Crippen LogP contribution >= 0.6 is 0 Å². The van der Waals surface area contributed by atoms with Crippen molar-refractivity contribution < 1.29 is 9.84 Å². The van der Waals surface area contributed by atoms with Crippen molar-refractivity contribution in [3.63, 3.8) is 0 Å². The Morgan fingerprint density at radius 1 is 0.964 bits per heavy atom. The van der Waals surface area contributed by atoms with Gasteiger partial charge in [-0.25, -0.2) is 4.98 Å². The molecule has 5 nitrogen and oxygen atoms in total. The van der Waals surface area contributed by atoms with Crippen molar-refractivity contribution in [2.24, 2.45) is 0 Å². The molecule has 0 bridgehead atoms. The quantitative estimate of drug-likeness (QED) is 0.539. The van der Waals surface area contributed by atoms with E-state index in [1.807, 2.05) is 54.6 Å². The van der Waals surface area contributed by atoms with Gasteiger partial charge in [0.05, 0.1) is 18.1 Å². The normalized spacial score (nSPS) is 11.5. The van der Waals surface area contributed by atoms with Gasteiger partial charge in [0.1, 0.15) is 17.2 Å². The Bertz CT molecular complexity index is 1210. The van der Waals surface area contributed by atoms with E-state index in [9.17, 15) is 9.90 Å². The number of para-hydroxylation sites is 3. The molecule has 0 aliphatic carbocycles. The lowest BCUT2D eigenvalue weighted by molar-refractivity contribution is 0.414. The summed E-state index contributed by atoms with van der Waals surface area (Å²) in [6, 6.07) is 23.8. The van der Waals surface area contributed by atoms with Gasteiger partial charge in [0.2, 0.25) is 0 Å². The molecule has 138 valence electrons. The minimum Gasteiger partial charge on any atom is -0.507 e. The van der Waals surface area contributed by atoms with E-state index in [0.717, 1.165) is 5.69 Å². The largest absolute Gasteiger partial charge is 0.507 e. The van der Waals surface area contributed by atoms with E-state index >= 15 is 0 Å². The van der Waals surface area contributed by atoms with Gasteiger partial charge in [0, 0.05) is 17.3 Å². The van der Waals surface area contributed by atoms with Crippen LogP contribution in [0.5, 0.6) is 5.75 Å². The lowest BCUT2D eigenvalue weighted by Gasteiger charge is -2.11. The second kappa shape index (κ2) is 7.40. The molecule has 3 aromatic carbocycles. The highest BCUT2D eigenvalue weighted by atomic mass is 16.5. The Morgan fingerprint density at radius 3 is 2.36 bits per heavy atom. The van der Waals surface area contributed by atoms with Crippen molar-refractivity contribution in [2.75, 3.05) is 7.11 Å². The molecule has 4 rings (SSSR count). The van der Waals surface area contributed by atoms with Gasteiger partial charge in [-0.1, -0.05) is 30.3 Å². The van der Waals surface area contributed by atoms with E-state index in [1.54, 1.807) is 35.9 Å². The van der Waals surface area contributed by atoms with Crippen LogP contribution in [0.4, 0.5) is 0 Å². The summed E-state index contributed by atoms with van der Waals surface area (Å²) < 4.78 is 6.74. The third kappa shape index (κ3) is 3.25. The Kier molecular flexibility index (Phi) is 4.64. The smallest absolute Gasteiger partial charge is 0.281 e. The number of fused-ring (bicyclic) bond motifs is 1. The second-order valence-corrected chi connectivity index (χ2v) is 6.22. The van der Waals surface area contributed by atoms with Gasteiger partial charge < -0.3 is 9.84 Å². The zero-order valence-electron chi connectivity index (χ0n) is 15.2. The van der Waals surface area contributed by atoms with Crippen molar-refractivity contribution >= 4 is 22.9 Å². The standard InChI is InChI=1S/C23H18N2O3/c1-28-18-13-11-16(12-14-18)22(26)15-20-23(27)25(17-7-3-2-4-8-17)21-10-6-5-9-19(21)24-20/h2-15,26H,1H3. The average Bonchev–Trinajstić information content (AvgIpc) is 2.75. The van der Waals surface area contributed by atoms with Gasteiger partial charge in [0.25, 0.3) is 5.56 Å². The highest BCUT2D eigenvalue weighted by Gasteiger charge is 2.12. The number of ether oxygens (including phenoxy) is 1. The lowest BCUT2D eigenvalue weighted by atomic mass is 10.1. The number of aromatic nitrogens is 2. The van der Waals surface area contributed by atoms with E-state index in [1.165, 1.54) is 6.08 Å². The van der Waals surface area contributed by atoms with Crippen LogP contribution in [0.15, 0.2) is 83.7 Å². The summed E-state index contributed by atoms with van der Waals surface area (Å²) in [7, 11) is 1.58. The highest BCUT2D eigenvalue weighted by molar-refractivity contribution is 5.81. The molecule has 1 N–H and O–H groups in total. The molecule has 1 heterocycles. The third-order valence-electron chi connectivity index (χ3n) is 4.46. The molecule has 0 saturated heterocycles. The van der Waals surface area contributed by atoms with E-state index in [0.29, 0.717) is 22.3 Å². The summed E-state index contributed by atoms with van der Waals surface area (Å²) in [5.74, 6) is 0.647. The zero-order valence-corrected chi connectivity index (χ0v) is 15.2. The zero-order chi connectivity index (χ0) is 19.5. The van der Waals surface area contributed by atoms with Crippen molar-refractivity contribution in [2.45, 2.75) is 0 Å². The van der Waals surface area contributed by atoms with E-state index in [-0.39, 0.29) is 17.0 Å². The molecule has 0 radical (unpaired) electrons. The molecule has 0 amide bonds. The van der Waals surface area contributed by atoms with E-state index in [2.05, 4.69) is 4.98 Å². The molecule has 5 heteroatoms. The van der Waals surface area contributed by atoms with Crippen LogP contribution in [0, 0.1) is 0 Å². The van der Waals surface area contributed by atoms with Crippen LogP contribution in [-0.2, 0) is 0 Å². The molecule has 0 spiro atoms. The molecular weight excluding hydrogens is 352 g/mol. The fourth-order valence-electron chi connectivity index (χ4n) is 3.05. The Hall–Kier alpha value is -3.86. The first kappa shape index (κ1) is 17.5. The summed E-state index contributed by atoms with van der Waals surface area (Å²) in [5, 5.41) is 10.5. The van der Waals surface area contributed by atoms with Crippen LogP contribution in [-0.4, -0.2) is 21.8 Å². The molecule has 4 aromatic rings. The maximum Gasteiger partial charge on any atom is 0.281 e. The minimum atomic E-state index is -0.301. The van der Waals surface area contributed by atoms with Gasteiger partial charge in [0.15, 0.2) is 0 Å². The number of benzene rings is 3. The van der Waals surface area contributed by atoms with Gasteiger partial charge in [-0.15, -0.1) is 0 Å². The fourth-order valence-corrected chi connectivity index (χ4v) is 3.05. The molecule has 0 fully saturated rings. The molecule has 1 aromatic heterocycles. The summed E-state index contributed by atoms with van der Waals surface area (Å²) in [6.45, 7) is 0. The van der Waals surface area contributed by atoms with Gasteiger partial charge in [-0.3, -0.25) is 9.36 Å². The predicted molar refractivity (Wildman–Crippen MR) is 111 cm³/mol. The highest BCUT2D eigenvalue weighted by Crippen LogP contribution is 2.20. The van der Waals surface area contributed by atoms with Crippen molar-refractivity contribution in [1.29, 1.82) is 0 Å². The summed E-state index contributed by atoms with van der Waals surface area (Å²) in [6.07, 6.45) is 1.40. The summed E-state index contributed by atoms with van der Waals surface area (Å²) in [5.41, 5.74) is 2.55. The van der Waals surface area contributed by atoms with Gasteiger partial charge in [-0.2, -0.15) is 0 Å². The van der Waals surface area contributed by atoms with E-state index in [4.69, 9.17) is 4.74 Å². The van der Waals surface area contributed by atoms with Crippen molar-refractivity contribution in [3.05, 3.63) is 100 Å². The maximum atomic E-state index is 13.2. The molecule has 0 aliphatic heterocycles. The van der Waals surface area contributed by atoms with Crippen molar-refractivity contribution in [1.82, 2.24) is 9.55 Å². The first-order valence-electron chi connectivity index (χ1n) is 8.79. The molecular formula is C23H18N2O3. The number of nitrogens with zero attached hydrogens (tertiary/aromatic N) is 2. The van der Waals surface area contributed by atoms with E-state index < -0.39 is 0 Å². The third-order valence-corrected chi connectivity index (χ3v) is 4.46. The van der Waals surface area contributed by atoms with Crippen LogP contribution in [0.25, 0.3) is 28.6 Å². The van der Waals surface area contributed by atoms with Crippen LogP contribution in [0.1, 0.15) is 11.3 Å². The Morgan fingerprint density at radius 2 is 1.64 bits per heavy atom. The number of rotatable bonds is 4. The Labute approximate surface area is 161 Å². The van der Waals surface area contributed by atoms with Crippen LogP contribution < -0.4 is 10.3 Å². The number of hydrogen-bond donors (Lipinski definition) is 1.